The standard InChI is InChI=1S/C14H21N7S/c15-13(17-2-1-5-19-6-3-16-12-19)20-7-9-21(10-8-20)14-18-4-11-22-14/h3-4,6,11-12H,1-2,5,7-10H2,(H2,15,17). The second-order valence-electron chi connectivity index (χ2n) is 5.18. The van der Waals surface area contributed by atoms with Crippen LogP contribution in [-0.2, 0) is 6.54 Å². The van der Waals surface area contributed by atoms with E-state index in [4.69, 9.17) is 5.73 Å². The number of aromatic nitrogens is 3. The number of thiazole rings is 1. The smallest absolute Gasteiger partial charge is 0.191 e. The van der Waals surface area contributed by atoms with Crippen molar-refractivity contribution in [3.63, 3.8) is 0 Å². The Morgan fingerprint density at radius 1 is 1.27 bits per heavy atom. The molecular formula is C14H21N7S. The second kappa shape index (κ2) is 7.26. The average molecular weight is 319 g/mol. The molecule has 3 heterocycles. The first-order valence-corrected chi connectivity index (χ1v) is 8.36. The molecular weight excluding hydrogens is 298 g/mol. The zero-order valence-electron chi connectivity index (χ0n) is 12.5. The maximum atomic E-state index is 6.10. The van der Waals surface area contributed by atoms with Gasteiger partial charge < -0.3 is 20.1 Å². The maximum absolute atomic E-state index is 6.10. The minimum atomic E-state index is 0.657. The van der Waals surface area contributed by atoms with Gasteiger partial charge in [-0.2, -0.15) is 0 Å². The van der Waals surface area contributed by atoms with Crippen molar-refractivity contribution in [3.8, 4) is 0 Å². The zero-order valence-corrected chi connectivity index (χ0v) is 13.3. The number of aliphatic imine (C=N–C) groups is 1. The maximum Gasteiger partial charge on any atom is 0.191 e. The van der Waals surface area contributed by atoms with E-state index in [-0.39, 0.29) is 0 Å². The molecule has 0 spiro atoms. The third-order valence-electron chi connectivity index (χ3n) is 3.70. The van der Waals surface area contributed by atoms with Gasteiger partial charge in [-0.15, -0.1) is 11.3 Å². The average Bonchev–Trinajstić information content (AvgIpc) is 3.25. The fraction of sp³-hybridized carbons (Fsp3) is 0.500. The monoisotopic (exact) mass is 319 g/mol. The second-order valence-corrected chi connectivity index (χ2v) is 6.06. The fourth-order valence-electron chi connectivity index (χ4n) is 2.46. The Morgan fingerprint density at radius 2 is 2.14 bits per heavy atom. The summed E-state index contributed by atoms with van der Waals surface area (Å²) in [6.07, 6.45) is 8.40. The van der Waals surface area contributed by atoms with Crippen LogP contribution in [0.15, 0.2) is 35.3 Å². The van der Waals surface area contributed by atoms with Gasteiger partial charge in [0.25, 0.3) is 0 Å². The number of imidazole rings is 1. The number of piperazine rings is 1. The van der Waals surface area contributed by atoms with Gasteiger partial charge in [-0.05, 0) is 6.42 Å². The quantitative estimate of drug-likeness (QED) is 0.503. The number of hydrogen-bond donors (Lipinski definition) is 1. The molecule has 2 aromatic rings. The molecule has 3 rings (SSSR count). The molecule has 0 unspecified atom stereocenters. The van der Waals surface area contributed by atoms with Crippen LogP contribution >= 0.6 is 11.3 Å². The van der Waals surface area contributed by atoms with Gasteiger partial charge in [0.1, 0.15) is 0 Å². The molecule has 0 amide bonds. The van der Waals surface area contributed by atoms with Crippen LogP contribution < -0.4 is 10.6 Å². The summed E-state index contributed by atoms with van der Waals surface area (Å²) in [5.41, 5.74) is 6.10. The van der Waals surface area contributed by atoms with Crippen molar-refractivity contribution in [1.29, 1.82) is 0 Å². The predicted octanol–water partition coefficient (Wildman–Crippen LogP) is 0.867. The first-order valence-electron chi connectivity index (χ1n) is 7.48. The Labute approximate surface area is 134 Å². The molecule has 0 radical (unpaired) electrons. The number of hydrogen-bond acceptors (Lipinski definition) is 5. The van der Waals surface area contributed by atoms with E-state index < -0.39 is 0 Å². The first kappa shape index (κ1) is 14.8. The van der Waals surface area contributed by atoms with Crippen molar-refractivity contribution in [2.75, 3.05) is 37.6 Å². The largest absolute Gasteiger partial charge is 0.370 e. The molecule has 0 bridgehead atoms. The molecule has 1 aliphatic rings. The molecule has 1 fully saturated rings. The van der Waals surface area contributed by atoms with Crippen molar-refractivity contribution >= 4 is 22.4 Å². The lowest BCUT2D eigenvalue weighted by Crippen LogP contribution is -2.51. The number of nitrogens with two attached hydrogens (primary N) is 1. The summed E-state index contributed by atoms with van der Waals surface area (Å²) < 4.78 is 2.05. The Balaban J connectivity index is 1.41. The van der Waals surface area contributed by atoms with Crippen molar-refractivity contribution in [1.82, 2.24) is 19.4 Å². The number of aryl methyl sites for hydroxylation is 1. The van der Waals surface area contributed by atoms with Crippen LogP contribution in [0.5, 0.6) is 0 Å². The molecule has 7 nitrogen and oxygen atoms in total. The van der Waals surface area contributed by atoms with Crippen molar-refractivity contribution in [3.05, 3.63) is 30.3 Å². The van der Waals surface area contributed by atoms with Crippen LogP contribution in [0.4, 0.5) is 5.13 Å². The third kappa shape index (κ3) is 3.76. The van der Waals surface area contributed by atoms with Crippen molar-refractivity contribution in [2.45, 2.75) is 13.0 Å². The highest BCUT2D eigenvalue weighted by atomic mass is 32.1. The van der Waals surface area contributed by atoms with Gasteiger partial charge in [0.15, 0.2) is 11.1 Å². The molecule has 118 valence electrons. The molecule has 0 aliphatic carbocycles. The molecule has 0 saturated carbocycles. The summed E-state index contributed by atoms with van der Waals surface area (Å²) in [5, 5.41) is 3.10. The van der Waals surface area contributed by atoms with Crippen LogP contribution in [0.3, 0.4) is 0 Å². The highest BCUT2D eigenvalue weighted by molar-refractivity contribution is 7.13. The number of guanidine groups is 1. The fourth-order valence-corrected chi connectivity index (χ4v) is 3.16. The molecule has 0 aromatic carbocycles. The topological polar surface area (TPSA) is 75.6 Å². The Kier molecular flexibility index (Phi) is 4.89. The summed E-state index contributed by atoms with van der Waals surface area (Å²) in [6, 6.07) is 0. The summed E-state index contributed by atoms with van der Waals surface area (Å²) >= 11 is 1.68. The molecule has 2 aromatic heterocycles. The summed E-state index contributed by atoms with van der Waals surface area (Å²) in [5.74, 6) is 0.657. The minimum absolute atomic E-state index is 0.657. The van der Waals surface area contributed by atoms with Crippen molar-refractivity contribution in [2.24, 2.45) is 10.7 Å². The van der Waals surface area contributed by atoms with E-state index in [9.17, 15) is 0 Å². The van der Waals surface area contributed by atoms with Gasteiger partial charge in [0.2, 0.25) is 0 Å². The van der Waals surface area contributed by atoms with Crippen molar-refractivity contribution < 1.29 is 0 Å². The third-order valence-corrected chi connectivity index (χ3v) is 4.53. The summed E-state index contributed by atoms with van der Waals surface area (Å²) in [4.78, 5) is 17.3. The zero-order chi connectivity index (χ0) is 15.2. The van der Waals surface area contributed by atoms with Crippen LogP contribution in [0.25, 0.3) is 0 Å². The molecule has 22 heavy (non-hydrogen) atoms. The van der Waals surface area contributed by atoms with Gasteiger partial charge in [-0.3, -0.25) is 4.99 Å². The van der Waals surface area contributed by atoms with Gasteiger partial charge in [0, 0.05) is 63.2 Å². The molecule has 1 aliphatic heterocycles. The van der Waals surface area contributed by atoms with Gasteiger partial charge in [0.05, 0.1) is 6.33 Å². The van der Waals surface area contributed by atoms with Crippen LogP contribution in [0, 0.1) is 0 Å². The Morgan fingerprint density at radius 3 is 2.82 bits per heavy atom. The molecule has 1 saturated heterocycles. The predicted molar refractivity (Wildman–Crippen MR) is 89.2 cm³/mol. The van der Waals surface area contributed by atoms with Crippen LogP contribution in [0.2, 0.25) is 0 Å². The highest BCUT2D eigenvalue weighted by Gasteiger charge is 2.19. The van der Waals surface area contributed by atoms with E-state index >= 15 is 0 Å². The summed E-state index contributed by atoms with van der Waals surface area (Å²) in [7, 11) is 0. The molecule has 8 heteroatoms. The van der Waals surface area contributed by atoms with E-state index in [0.29, 0.717) is 5.96 Å². The van der Waals surface area contributed by atoms with Crippen LogP contribution in [-0.4, -0.2) is 58.1 Å². The lowest BCUT2D eigenvalue weighted by molar-refractivity contribution is 0.380. The van der Waals surface area contributed by atoms with Crippen LogP contribution in [0.1, 0.15) is 6.42 Å². The van der Waals surface area contributed by atoms with E-state index in [1.165, 1.54) is 0 Å². The SMILES string of the molecule is NC(=NCCCn1ccnc1)N1CCN(c2nccs2)CC1. The van der Waals surface area contributed by atoms with E-state index in [2.05, 4.69) is 29.3 Å². The summed E-state index contributed by atoms with van der Waals surface area (Å²) in [6.45, 7) is 5.36. The van der Waals surface area contributed by atoms with Gasteiger partial charge in [-0.1, -0.05) is 0 Å². The lowest BCUT2D eigenvalue weighted by Gasteiger charge is -2.35. The van der Waals surface area contributed by atoms with Gasteiger partial charge in [-0.25, -0.2) is 9.97 Å². The number of anilines is 1. The normalized spacial score (nSPS) is 16.3. The Bertz CT molecular complexity index is 570. The Hall–Kier alpha value is -2.09. The van der Waals surface area contributed by atoms with E-state index in [1.807, 2.05) is 24.1 Å². The number of rotatable bonds is 5. The lowest BCUT2D eigenvalue weighted by atomic mass is 10.3. The highest BCUT2D eigenvalue weighted by Crippen LogP contribution is 2.18. The van der Waals surface area contributed by atoms with E-state index in [0.717, 1.165) is 50.8 Å². The first-order chi connectivity index (χ1) is 10.8. The minimum Gasteiger partial charge on any atom is -0.370 e. The van der Waals surface area contributed by atoms with Gasteiger partial charge >= 0.3 is 0 Å². The number of nitrogens with zero attached hydrogens (tertiary/aromatic N) is 6. The molecule has 0 atom stereocenters. The molecule has 2 N–H and O–H groups in total. The van der Waals surface area contributed by atoms with E-state index in [1.54, 1.807) is 17.5 Å².